The number of nitrogens with one attached hydrogen (secondary N) is 4. The molecule has 2 amide bonds. The van der Waals surface area contributed by atoms with E-state index in [1.807, 2.05) is 0 Å². The first kappa shape index (κ1) is 31.8. The normalized spacial score (nSPS) is 18.7. The Balaban J connectivity index is 1.26. The third kappa shape index (κ3) is 6.32. The molecule has 2 unspecified atom stereocenters. The number of carbonyl (C=O) groups is 3. The number of piperidine rings is 1. The van der Waals surface area contributed by atoms with E-state index in [-0.39, 0.29) is 65.5 Å². The van der Waals surface area contributed by atoms with Gasteiger partial charge in [-0.05, 0) is 30.4 Å². The van der Waals surface area contributed by atoms with E-state index >= 15 is 0 Å². The van der Waals surface area contributed by atoms with Crippen LogP contribution in [0.3, 0.4) is 0 Å². The van der Waals surface area contributed by atoms with E-state index in [1.165, 1.54) is 28.9 Å². The summed E-state index contributed by atoms with van der Waals surface area (Å²) in [5.74, 6) is -0.0382. The van der Waals surface area contributed by atoms with Crippen LogP contribution in [0.2, 0.25) is 0 Å². The number of hydrogen-bond acceptors (Lipinski definition) is 9. The van der Waals surface area contributed by atoms with E-state index in [1.54, 1.807) is 6.92 Å². The van der Waals surface area contributed by atoms with Crippen molar-refractivity contribution >= 4 is 35.4 Å². The zero-order chi connectivity index (χ0) is 33.5. The van der Waals surface area contributed by atoms with Gasteiger partial charge in [0, 0.05) is 48.8 Å². The Labute approximate surface area is 262 Å². The number of anilines is 2. The lowest BCUT2D eigenvalue weighted by Gasteiger charge is -2.17. The number of hydrogen-bond donors (Lipinski definition) is 4. The fraction of sp³-hybridized carbons (Fsp3) is 0.379. The molecule has 0 bridgehead atoms. The molecule has 18 heteroatoms. The molecule has 1 aromatic carbocycles. The number of aromatic nitrogens is 5. The molecule has 13 nitrogen and oxygen atoms in total. The monoisotopic (exact) mass is 661 g/mol. The predicted molar refractivity (Wildman–Crippen MR) is 155 cm³/mol. The van der Waals surface area contributed by atoms with Crippen LogP contribution in [-0.4, -0.2) is 74.5 Å². The molecule has 6 rings (SSSR count). The van der Waals surface area contributed by atoms with E-state index < -0.39 is 36.3 Å². The number of rotatable bonds is 12. The largest absolute Gasteiger partial charge is 0.435 e. The summed E-state index contributed by atoms with van der Waals surface area (Å²) in [6.45, 7) is 2.32. The summed E-state index contributed by atoms with van der Waals surface area (Å²) in [5, 5.41) is 15.1. The Morgan fingerprint density at radius 1 is 1.19 bits per heavy atom. The molecule has 1 saturated carbocycles. The maximum atomic E-state index is 13.8. The molecule has 1 saturated heterocycles. The second-order valence-corrected chi connectivity index (χ2v) is 11.0. The summed E-state index contributed by atoms with van der Waals surface area (Å²) < 4.78 is 74.3. The molecule has 2 fully saturated rings. The molecular weight excluding hydrogens is 633 g/mol. The lowest BCUT2D eigenvalue weighted by Crippen LogP contribution is -2.40. The van der Waals surface area contributed by atoms with E-state index in [9.17, 15) is 36.3 Å². The van der Waals surface area contributed by atoms with Crippen molar-refractivity contribution in [2.24, 2.45) is 11.8 Å². The number of imidazole rings is 1. The zero-order valence-corrected chi connectivity index (χ0v) is 24.6. The summed E-state index contributed by atoms with van der Waals surface area (Å²) in [5.41, 5.74) is -1.19. The number of nitrogens with zero attached hydrogens (tertiary/aromatic N) is 5. The van der Waals surface area contributed by atoms with Gasteiger partial charge in [0.15, 0.2) is 22.9 Å². The van der Waals surface area contributed by atoms with Crippen LogP contribution in [0.4, 0.5) is 33.5 Å². The average molecular weight is 662 g/mol. The van der Waals surface area contributed by atoms with Crippen LogP contribution < -0.4 is 26.0 Å². The Morgan fingerprint density at radius 2 is 1.96 bits per heavy atom. The van der Waals surface area contributed by atoms with Gasteiger partial charge in [-0.2, -0.15) is 18.3 Å². The van der Waals surface area contributed by atoms with Gasteiger partial charge in [-0.1, -0.05) is 6.92 Å². The van der Waals surface area contributed by atoms with E-state index in [0.29, 0.717) is 22.1 Å². The molecule has 1 aliphatic carbocycles. The first-order valence-corrected chi connectivity index (χ1v) is 14.6. The smallest absolute Gasteiger partial charge is 0.426 e. The third-order valence-electron chi connectivity index (χ3n) is 8.17. The lowest BCUT2D eigenvalue weighted by atomic mass is 10.0. The molecule has 1 aliphatic heterocycles. The number of carbonyl (C=O) groups excluding carboxylic acids is 3. The minimum Gasteiger partial charge on any atom is -0.426 e. The van der Waals surface area contributed by atoms with Crippen LogP contribution >= 0.6 is 0 Å². The SMILES string of the molecule is CCc1c(C(=O)NCC(=O)NC2C3CNCC32)ccc(Nc2nccn3c(-c4cn(CC(F)F)nc4C(F)(F)F)cnc23)c1OC=O. The maximum absolute atomic E-state index is 13.8. The molecule has 248 valence electrons. The van der Waals surface area contributed by atoms with Crippen molar-refractivity contribution in [1.29, 1.82) is 0 Å². The summed E-state index contributed by atoms with van der Waals surface area (Å²) in [6, 6.07) is 3.01. The predicted octanol–water partition coefficient (Wildman–Crippen LogP) is 2.78. The summed E-state index contributed by atoms with van der Waals surface area (Å²) in [7, 11) is 0. The summed E-state index contributed by atoms with van der Waals surface area (Å²) in [4.78, 5) is 45.5. The Kier molecular flexibility index (Phi) is 8.52. The number of alkyl halides is 5. The third-order valence-corrected chi connectivity index (χ3v) is 8.17. The quantitative estimate of drug-likeness (QED) is 0.133. The van der Waals surface area contributed by atoms with Gasteiger partial charge in [-0.3, -0.25) is 23.5 Å². The van der Waals surface area contributed by atoms with Crippen molar-refractivity contribution in [3.8, 4) is 17.0 Å². The molecular formula is C29H28F5N9O4. The molecule has 47 heavy (non-hydrogen) atoms. The van der Waals surface area contributed by atoms with Crippen LogP contribution in [0.1, 0.15) is 28.5 Å². The van der Waals surface area contributed by atoms with Crippen molar-refractivity contribution < 1.29 is 41.1 Å². The second-order valence-electron chi connectivity index (χ2n) is 11.0. The zero-order valence-electron chi connectivity index (χ0n) is 24.6. The van der Waals surface area contributed by atoms with Gasteiger partial charge in [0.25, 0.3) is 18.8 Å². The number of halogens is 5. The lowest BCUT2D eigenvalue weighted by molar-refractivity contribution is -0.141. The summed E-state index contributed by atoms with van der Waals surface area (Å²) in [6.07, 6.45) is -3.02. The highest BCUT2D eigenvalue weighted by Gasteiger charge is 2.53. The first-order chi connectivity index (χ1) is 22.5. The van der Waals surface area contributed by atoms with Crippen LogP contribution in [0.15, 0.2) is 36.9 Å². The van der Waals surface area contributed by atoms with Crippen LogP contribution in [0.25, 0.3) is 16.9 Å². The van der Waals surface area contributed by atoms with Gasteiger partial charge in [-0.15, -0.1) is 0 Å². The van der Waals surface area contributed by atoms with Gasteiger partial charge in [-0.25, -0.2) is 18.7 Å². The molecule has 2 atom stereocenters. The Morgan fingerprint density at radius 3 is 2.64 bits per heavy atom. The van der Waals surface area contributed by atoms with Crippen molar-refractivity contribution in [2.75, 3.05) is 25.0 Å². The molecule has 4 N–H and O–H groups in total. The number of fused-ring (bicyclic) bond motifs is 2. The molecule has 4 aromatic rings. The molecule has 3 aromatic heterocycles. The Bertz CT molecular complexity index is 1830. The molecule has 2 aliphatic rings. The maximum Gasteiger partial charge on any atom is 0.435 e. The van der Waals surface area contributed by atoms with Crippen molar-refractivity contribution in [3.05, 3.63) is 53.7 Å². The fourth-order valence-electron chi connectivity index (χ4n) is 5.99. The first-order valence-electron chi connectivity index (χ1n) is 14.6. The highest BCUT2D eigenvalue weighted by atomic mass is 19.4. The van der Waals surface area contributed by atoms with E-state index in [0.717, 1.165) is 25.5 Å². The number of ether oxygens (including phenoxy) is 1. The highest BCUT2D eigenvalue weighted by molar-refractivity contribution is 5.99. The average Bonchev–Trinajstić information content (AvgIpc) is 3.49. The van der Waals surface area contributed by atoms with E-state index in [2.05, 4.69) is 36.3 Å². The van der Waals surface area contributed by atoms with Gasteiger partial charge < -0.3 is 26.0 Å². The number of benzene rings is 1. The number of amides is 2. The van der Waals surface area contributed by atoms with Gasteiger partial charge in [0.2, 0.25) is 5.91 Å². The van der Waals surface area contributed by atoms with Crippen molar-refractivity contribution in [3.63, 3.8) is 0 Å². The Hall–Kier alpha value is -5.13. The molecule has 4 heterocycles. The van der Waals surface area contributed by atoms with Gasteiger partial charge in [0.1, 0.15) is 6.54 Å². The van der Waals surface area contributed by atoms with Gasteiger partial charge >= 0.3 is 6.18 Å². The fourth-order valence-corrected chi connectivity index (χ4v) is 5.99. The topological polar surface area (TPSA) is 157 Å². The molecule has 0 radical (unpaired) electrons. The summed E-state index contributed by atoms with van der Waals surface area (Å²) >= 11 is 0. The van der Waals surface area contributed by atoms with Crippen molar-refractivity contribution in [2.45, 2.75) is 38.5 Å². The minimum absolute atomic E-state index is 0.0128. The van der Waals surface area contributed by atoms with Crippen LogP contribution in [0, 0.1) is 11.8 Å². The van der Waals surface area contributed by atoms with Crippen molar-refractivity contribution in [1.82, 2.24) is 40.1 Å². The minimum atomic E-state index is -4.94. The second kappa shape index (κ2) is 12.6. The van der Waals surface area contributed by atoms with Crippen LogP contribution in [0.5, 0.6) is 5.75 Å². The molecule has 0 spiro atoms. The van der Waals surface area contributed by atoms with Gasteiger partial charge in [0.05, 0.1) is 29.7 Å². The van der Waals surface area contributed by atoms with E-state index in [4.69, 9.17) is 4.74 Å². The highest BCUT2D eigenvalue weighted by Crippen LogP contribution is 2.41. The van der Waals surface area contributed by atoms with Crippen LogP contribution in [-0.2, 0) is 28.7 Å². The standard InChI is InChI=1S/C29H28F5N9O4/c1-2-14-15(28(46)38-10-22(45)40-23-16-7-35-8-17(16)23)3-4-19(24(14)47-13-44)39-26-27-37-9-20(43(27)6-5-36-26)18-11-42(12-21(30)31)41-25(18)29(32,33)34/h3-6,9,11,13,16-17,21,23,35H,2,7-8,10,12H2,1H3,(H,36,39)(H,38,46)(H,40,45).